The van der Waals surface area contributed by atoms with Gasteiger partial charge in [-0.1, -0.05) is 12.1 Å². The Morgan fingerprint density at radius 3 is 2.55 bits per heavy atom. The highest BCUT2D eigenvalue weighted by molar-refractivity contribution is 7.89. The van der Waals surface area contributed by atoms with Gasteiger partial charge in [0.2, 0.25) is 10.0 Å². The van der Waals surface area contributed by atoms with Crippen molar-refractivity contribution >= 4 is 10.0 Å². The lowest BCUT2D eigenvalue weighted by Gasteiger charge is -2.36. The Kier molecular flexibility index (Phi) is 4.49. The Morgan fingerprint density at radius 2 is 1.95 bits per heavy atom. The van der Waals surface area contributed by atoms with Gasteiger partial charge in [-0.05, 0) is 43.9 Å². The van der Waals surface area contributed by atoms with Gasteiger partial charge in [0.1, 0.15) is 0 Å². The molecule has 0 saturated carbocycles. The number of aryl methyl sites for hydroxylation is 2. The lowest BCUT2D eigenvalue weighted by atomic mass is 9.92. The van der Waals surface area contributed by atoms with Crippen LogP contribution in [0.2, 0.25) is 0 Å². The van der Waals surface area contributed by atoms with Gasteiger partial charge in [-0.25, -0.2) is 13.1 Å². The second-order valence-electron chi connectivity index (χ2n) is 5.47. The SMILES string of the molecule is Cc1ccc(C)c(S(=O)(=O)NC2(CN)CCOCC2)c1. The van der Waals surface area contributed by atoms with Crippen LogP contribution in [0.4, 0.5) is 0 Å². The van der Waals surface area contributed by atoms with Gasteiger partial charge in [0.25, 0.3) is 0 Å². The first-order valence-electron chi connectivity index (χ1n) is 6.78. The highest BCUT2D eigenvalue weighted by atomic mass is 32.2. The van der Waals surface area contributed by atoms with Crippen LogP contribution in [-0.2, 0) is 14.8 Å². The molecule has 2 rings (SSSR count). The van der Waals surface area contributed by atoms with E-state index in [1.807, 2.05) is 19.1 Å². The Hall–Kier alpha value is -0.950. The lowest BCUT2D eigenvalue weighted by molar-refractivity contribution is 0.0502. The van der Waals surface area contributed by atoms with Crippen molar-refractivity contribution in [2.24, 2.45) is 5.73 Å². The molecule has 0 radical (unpaired) electrons. The van der Waals surface area contributed by atoms with Crippen LogP contribution < -0.4 is 10.5 Å². The summed E-state index contributed by atoms with van der Waals surface area (Å²) in [6.07, 6.45) is 1.21. The molecule has 20 heavy (non-hydrogen) atoms. The minimum absolute atomic E-state index is 0.278. The Bertz CT molecular complexity index is 578. The van der Waals surface area contributed by atoms with E-state index < -0.39 is 15.6 Å². The van der Waals surface area contributed by atoms with Crippen LogP contribution in [-0.4, -0.2) is 33.7 Å². The minimum atomic E-state index is -3.57. The molecule has 0 atom stereocenters. The third kappa shape index (κ3) is 3.20. The van der Waals surface area contributed by atoms with Gasteiger partial charge in [0.15, 0.2) is 0 Å². The van der Waals surface area contributed by atoms with Crippen LogP contribution >= 0.6 is 0 Å². The molecule has 6 heteroatoms. The van der Waals surface area contributed by atoms with Crippen molar-refractivity contribution in [3.8, 4) is 0 Å². The molecule has 0 aromatic heterocycles. The van der Waals surface area contributed by atoms with E-state index in [9.17, 15) is 8.42 Å². The molecule has 3 N–H and O–H groups in total. The van der Waals surface area contributed by atoms with E-state index in [1.54, 1.807) is 13.0 Å². The van der Waals surface area contributed by atoms with Crippen LogP contribution in [0.1, 0.15) is 24.0 Å². The Balaban J connectivity index is 2.32. The summed E-state index contributed by atoms with van der Waals surface area (Å²) < 4.78 is 33.4. The molecular formula is C14H22N2O3S. The number of hydrogen-bond donors (Lipinski definition) is 2. The van der Waals surface area contributed by atoms with Gasteiger partial charge in [-0.2, -0.15) is 0 Å². The second-order valence-corrected chi connectivity index (χ2v) is 7.12. The molecule has 1 aromatic carbocycles. The third-order valence-corrected chi connectivity index (χ3v) is 5.55. The van der Waals surface area contributed by atoms with Crippen molar-refractivity contribution in [1.29, 1.82) is 0 Å². The Morgan fingerprint density at radius 1 is 1.30 bits per heavy atom. The molecule has 1 aliphatic rings. The highest BCUT2D eigenvalue weighted by Crippen LogP contribution is 2.24. The summed E-state index contributed by atoms with van der Waals surface area (Å²) in [6.45, 7) is 5.03. The monoisotopic (exact) mass is 298 g/mol. The van der Waals surface area contributed by atoms with Crippen molar-refractivity contribution in [2.45, 2.75) is 37.1 Å². The van der Waals surface area contributed by atoms with Gasteiger partial charge in [0.05, 0.1) is 4.90 Å². The molecule has 0 aliphatic carbocycles. The number of ether oxygens (including phenoxy) is 1. The van der Waals surface area contributed by atoms with Crippen LogP contribution in [0, 0.1) is 13.8 Å². The summed E-state index contributed by atoms with van der Waals surface area (Å²) in [6, 6.07) is 5.42. The molecule has 0 amide bonds. The summed E-state index contributed by atoms with van der Waals surface area (Å²) >= 11 is 0. The topological polar surface area (TPSA) is 81.4 Å². The van der Waals surface area contributed by atoms with Gasteiger partial charge < -0.3 is 10.5 Å². The molecule has 112 valence electrons. The molecule has 5 nitrogen and oxygen atoms in total. The fourth-order valence-corrected chi connectivity index (χ4v) is 4.25. The van der Waals surface area contributed by atoms with Crippen molar-refractivity contribution in [2.75, 3.05) is 19.8 Å². The molecule has 1 saturated heterocycles. The fraction of sp³-hybridized carbons (Fsp3) is 0.571. The van der Waals surface area contributed by atoms with Crippen molar-refractivity contribution < 1.29 is 13.2 Å². The summed E-state index contributed by atoms with van der Waals surface area (Å²) in [7, 11) is -3.57. The molecule has 0 unspecified atom stereocenters. The molecule has 1 aliphatic heterocycles. The largest absolute Gasteiger partial charge is 0.381 e. The summed E-state index contributed by atoms with van der Waals surface area (Å²) in [4.78, 5) is 0.330. The molecular weight excluding hydrogens is 276 g/mol. The normalized spacial score (nSPS) is 18.9. The second kappa shape index (κ2) is 5.81. The number of hydrogen-bond acceptors (Lipinski definition) is 4. The van der Waals surface area contributed by atoms with Crippen LogP contribution in [0.15, 0.2) is 23.1 Å². The number of nitrogens with one attached hydrogen (secondary N) is 1. The van der Waals surface area contributed by atoms with Crippen LogP contribution in [0.5, 0.6) is 0 Å². The van der Waals surface area contributed by atoms with Crippen molar-refractivity contribution in [3.05, 3.63) is 29.3 Å². The maximum atomic E-state index is 12.6. The zero-order valence-electron chi connectivity index (χ0n) is 12.0. The van der Waals surface area contributed by atoms with Gasteiger partial charge in [-0.3, -0.25) is 0 Å². The van der Waals surface area contributed by atoms with Crippen LogP contribution in [0.3, 0.4) is 0 Å². The first-order valence-corrected chi connectivity index (χ1v) is 8.26. The zero-order valence-corrected chi connectivity index (χ0v) is 12.8. The van der Waals surface area contributed by atoms with E-state index in [2.05, 4.69) is 4.72 Å². The summed E-state index contributed by atoms with van der Waals surface area (Å²) in [5.41, 5.74) is 6.88. The number of benzene rings is 1. The van der Waals surface area contributed by atoms with Crippen molar-refractivity contribution in [1.82, 2.24) is 4.72 Å². The van der Waals surface area contributed by atoms with E-state index >= 15 is 0 Å². The third-order valence-electron chi connectivity index (χ3n) is 3.82. The maximum Gasteiger partial charge on any atom is 0.241 e. The smallest absolute Gasteiger partial charge is 0.241 e. The summed E-state index contributed by atoms with van der Waals surface area (Å²) in [5.74, 6) is 0. The standard InChI is InChI=1S/C14H22N2O3S/c1-11-3-4-12(2)13(9-11)20(17,18)16-14(10-15)5-7-19-8-6-14/h3-4,9,16H,5-8,10,15H2,1-2H3. The van der Waals surface area contributed by atoms with E-state index in [-0.39, 0.29) is 6.54 Å². The predicted octanol–water partition coefficient (Wildman–Crippen LogP) is 1.09. The average Bonchev–Trinajstić information content (AvgIpc) is 2.42. The molecule has 1 fully saturated rings. The number of nitrogens with two attached hydrogens (primary N) is 1. The summed E-state index contributed by atoms with van der Waals surface area (Å²) in [5, 5.41) is 0. The number of sulfonamides is 1. The lowest BCUT2D eigenvalue weighted by Crippen LogP contribution is -2.56. The average molecular weight is 298 g/mol. The minimum Gasteiger partial charge on any atom is -0.381 e. The van der Waals surface area contributed by atoms with E-state index in [0.717, 1.165) is 11.1 Å². The van der Waals surface area contributed by atoms with Gasteiger partial charge in [-0.15, -0.1) is 0 Å². The van der Waals surface area contributed by atoms with E-state index in [1.165, 1.54) is 0 Å². The highest BCUT2D eigenvalue weighted by Gasteiger charge is 2.36. The van der Waals surface area contributed by atoms with E-state index in [4.69, 9.17) is 10.5 Å². The molecule has 1 heterocycles. The van der Waals surface area contributed by atoms with Crippen molar-refractivity contribution in [3.63, 3.8) is 0 Å². The van der Waals surface area contributed by atoms with E-state index in [0.29, 0.717) is 31.0 Å². The van der Waals surface area contributed by atoms with Gasteiger partial charge in [0, 0.05) is 25.3 Å². The predicted molar refractivity (Wildman–Crippen MR) is 78.1 cm³/mol. The fourth-order valence-electron chi connectivity index (χ4n) is 2.45. The van der Waals surface area contributed by atoms with Crippen LogP contribution in [0.25, 0.3) is 0 Å². The molecule has 0 bridgehead atoms. The number of rotatable bonds is 4. The zero-order chi connectivity index (χ0) is 14.8. The first kappa shape index (κ1) is 15.4. The Labute approximate surface area is 120 Å². The molecule has 0 spiro atoms. The van der Waals surface area contributed by atoms with Gasteiger partial charge >= 0.3 is 0 Å². The first-order chi connectivity index (χ1) is 9.38. The quantitative estimate of drug-likeness (QED) is 0.872. The maximum absolute atomic E-state index is 12.6. The molecule has 1 aromatic rings.